The van der Waals surface area contributed by atoms with Crippen molar-refractivity contribution in [2.24, 2.45) is 0 Å². The van der Waals surface area contributed by atoms with E-state index in [1.165, 1.54) is 4.68 Å². The predicted molar refractivity (Wildman–Crippen MR) is 51.8 cm³/mol. The Kier molecular flexibility index (Phi) is 4.17. The summed E-state index contributed by atoms with van der Waals surface area (Å²) in [5.41, 5.74) is 0. The van der Waals surface area contributed by atoms with E-state index in [2.05, 4.69) is 9.84 Å². The van der Waals surface area contributed by atoms with Crippen LogP contribution < -0.4 is 0 Å². The smallest absolute Gasteiger partial charge is 0.370 e. The molecule has 0 radical (unpaired) electrons. The minimum Gasteiger partial charge on any atom is -0.370 e. The largest absolute Gasteiger partial charge is 0.411 e. The van der Waals surface area contributed by atoms with Gasteiger partial charge in [0.25, 0.3) is 0 Å². The Balaban J connectivity index is 2.16. The van der Waals surface area contributed by atoms with Crippen molar-refractivity contribution in [3.8, 4) is 0 Å². The molecule has 3 nitrogen and oxygen atoms in total. The maximum atomic E-state index is 11.6. The summed E-state index contributed by atoms with van der Waals surface area (Å²) in [7, 11) is 0. The van der Waals surface area contributed by atoms with Crippen molar-refractivity contribution in [1.29, 1.82) is 0 Å². The van der Waals surface area contributed by atoms with Crippen LogP contribution in [-0.2, 0) is 11.3 Å². The minimum atomic E-state index is -4.25. The van der Waals surface area contributed by atoms with E-state index < -0.39 is 12.8 Å². The van der Waals surface area contributed by atoms with Crippen molar-refractivity contribution in [1.82, 2.24) is 9.78 Å². The van der Waals surface area contributed by atoms with E-state index >= 15 is 0 Å². The summed E-state index contributed by atoms with van der Waals surface area (Å²) in [6.45, 7) is -0.859. The molecule has 1 rings (SSSR count). The Morgan fingerprint density at radius 2 is 2.21 bits per heavy atom. The first-order chi connectivity index (χ1) is 6.47. The van der Waals surface area contributed by atoms with Crippen LogP contribution in [0.4, 0.5) is 13.2 Å². The fourth-order valence-electron chi connectivity index (χ4n) is 0.807. The third kappa shape index (κ3) is 4.80. The molecule has 1 heterocycles. The Bertz CT molecular complexity index is 287. The van der Waals surface area contributed by atoms with Gasteiger partial charge in [-0.2, -0.15) is 18.3 Å². The van der Waals surface area contributed by atoms with Crippen LogP contribution in [0.15, 0.2) is 12.3 Å². The van der Waals surface area contributed by atoms with Crippen molar-refractivity contribution < 1.29 is 17.9 Å². The third-order valence-electron chi connectivity index (χ3n) is 1.34. The van der Waals surface area contributed by atoms with Gasteiger partial charge in [-0.15, -0.1) is 0 Å². The molecule has 80 valence electrons. The summed E-state index contributed by atoms with van der Waals surface area (Å²) in [4.78, 5) is 0. The molecular formula is C7H8F3IN2O. The van der Waals surface area contributed by atoms with Gasteiger partial charge in [-0.1, -0.05) is 0 Å². The predicted octanol–water partition coefficient (Wildman–Crippen LogP) is 2.07. The fourth-order valence-corrected chi connectivity index (χ4v) is 1.25. The van der Waals surface area contributed by atoms with E-state index in [4.69, 9.17) is 0 Å². The molecule has 0 aliphatic carbocycles. The van der Waals surface area contributed by atoms with E-state index in [0.717, 1.165) is 3.70 Å². The molecule has 0 fully saturated rings. The lowest BCUT2D eigenvalue weighted by Crippen LogP contribution is -2.19. The van der Waals surface area contributed by atoms with Gasteiger partial charge in [-0.25, -0.2) is 0 Å². The quantitative estimate of drug-likeness (QED) is 0.627. The Morgan fingerprint density at radius 1 is 1.50 bits per heavy atom. The molecule has 0 saturated carbocycles. The molecular weight excluding hydrogens is 312 g/mol. The van der Waals surface area contributed by atoms with Crippen molar-refractivity contribution in [2.75, 3.05) is 13.2 Å². The highest BCUT2D eigenvalue weighted by molar-refractivity contribution is 14.1. The van der Waals surface area contributed by atoms with E-state index in [-0.39, 0.29) is 6.61 Å². The number of halogens is 4. The van der Waals surface area contributed by atoms with Crippen LogP contribution in [0, 0.1) is 3.70 Å². The number of ether oxygens (including phenoxy) is 1. The summed E-state index contributed by atoms with van der Waals surface area (Å²) in [5, 5.41) is 3.99. The van der Waals surface area contributed by atoms with Gasteiger partial charge in [0, 0.05) is 6.20 Å². The zero-order chi connectivity index (χ0) is 10.6. The molecule has 0 unspecified atom stereocenters. The molecule has 0 aromatic carbocycles. The van der Waals surface area contributed by atoms with E-state index in [1.54, 1.807) is 12.3 Å². The monoisotopic (exact) mass is 320 g/mol. The first-order valence-electron chi connectivity index (χ1n) is 3.81. The molecule has 0 amide bonds. The lowest BCUT2D eigenvalue weighted by Gasteiger charge is -2.07. The van der Waals surface area contributed by atoms with Gasteiger partial charge < -0.3 is 4.74 Å². The molecule has 7 heteroatoms. The SMILES string of the molecule is FC(F)(F)COCCn1ccc(I)n1. The van der Waals surface area contributed by atoms with E-state index in [0.29, 0.717) is 6.54 Å². The zero-order valence-corrected chi connectivity index (χ0v) is 9.25. The number of aromatic nitrogens is 2. The summed E-state index contributed by atoms with van der Waals surface area (Å²) < 4.78 is 41.7. The maximum absolute atomic E-state index is 11.6. The zero-order valence-electron chi connectivity index (χ0n) is 7.09. The molecule has 1 aromatic rings. The molecule has 0 bridgehead atoms. The Morgan fingerprint density at radius 3 is 2.71 bits per heavy atom. The molecule has 14 heavy (non-hydrogen) atoms. The molecule has 1 aromatic heterocycles. The van der Waals surface area contributed by atoms with E-state index in [1.807, 2.05) is 22.6 Å². The second-order valence-corrected chi connectivity index (χ2v) is 3.67. The highest BCUT2D eigenvalue weighted by atomic mass is 127. The van der Waals surface area contributed by atoms with Gasteiger partial charge in [0.2, 0.25) is 0 Å². The highest BCUT2D eigenvalue weighted by Crippen LogP contribution is 2.14. The lowest BCUT2D eigenvalue weighted by atomic mass is 10.6. The number of alkyl halides is 3. The molecule has 0 atom stereocenters. The van der Waals surface area contributed by atoms with Crippen LogP contribution in [-0.4, -0.2) is 29.2 Å². The maximum Gasteiger partial charge on any atom is 0.411 e. The Labute approximate surface area is 92.4 Å². The van der Waals surface area contributed by atoms with Gasteiger partial charge in [-0.3, -0.25) is 4.68 Å². The molecule has 0 spiro atoms. The van der Waals surface area contributed by atoms with Gasteiger partial charge in [0.05, 0.1) is 13.2 Å². The van der Waals surface area contributed by atoms with Crippen molar-refractivity contribution in [3.63, 3.8) is 0 Å². The lowest BCUT2D eigenvalue weighted by molar-refractivity contribution is -0.174. The van der Waals surface area contributed by atoms with Gasteiger partial charge >= 0.3 is 6.18 Å². The standard InChI is InChI=1S/C7H8F3IN2O/c8-7(9,10)5-14-4-3-13-2-1-6(11)12-13/h1-2H,3-5H2. The summed E-state index contributed by atoms with van der Waals surface area (Å²) in [6, 6.07) is 1.77. The highest BCUT2D eigenvalue weighted by Gasteiger charge is 2.27. The van der Waals surface area contributed by atoms with Gasteiger partial charge in [-0.05, 0) is 28.7 Å². The summed E-state index contributed by atoms with van der Waals surface area (Å²) in [5.74, 6) is 0. The first kappa shape index (κ1) is 11.8. The van der Waals surface area contributed by atoms with Crippen LogP contribution >= 0.6 is 22.6 Å². The Hall–Kier alpha value is -0.310. The molecule has 0 aliphatic heterocycles. The van der Waals surface area contributed by atoms with Crippen LogP contribution in [0.3, 0.4) is 0 Å². The van der Waals surface area contributed by atoms with Crippen LogP contribution in [0.5, 0.6) is 0 Å². The van der Waals surface area contributed by atoms with Crippen LogP contribution in [0.2, 0.25) is 0 Å². The number of hydrogen-bond acceptors (Lipinski definition) is 2. The van der Waals surface area contributed by atoms with Crippen molar-refractivity contribution in [3.05, 3.63) is 16.0 Å². The topological polar surface area (TPSA) is 27.1 Å². The average molecular weight is 320 g/mol. The van der Waals surface area contributed by atoms with Gasteiger partial charge in [0.15, 0.2) is 0 Å². The minimum absolute atomic E-state index is 0.0112. The third-order valence-corrected chi connectivity index (χ3v) is 1.91. The molecule has 0 N–H and O–H groups in total. The molecule has 0 aliphatic rings. The number of rotatable bonds is 4. The first-order valence-corrected chi connectivity index (χ1v) is 4.89. The molecule has 0 saturated heterocycles. The average Bonchev–Trinajstić information content (AvgIpc) is 2.44. The number of nitrogens with zero attached hydrogens (tertiary/aromatic N) is 2. The van der Waals surface area contributed by atoms with Crippen LogP contribution in [0.1, 0.15) is 0 Å². The summed E-state index contributed by atoms with van der Waals surface area (Å²) in [6.07, 6.45) is -2.56. The summed E-state index contributed by atoms with van der Waals surface area (Å²) >= 11 is 2.02. The number of hydrogen-bond donors (Lipinski definition) is 0. The second-order valence-electron chi connectivity index (χ2n) is 2.57. The normalized spacial score (nSPS) is 12.0. The fraction of sp³-hybridized carbons (Fsp3) is 0.571. The van der Waals surface area contributed by atoms with E-state index in [9.17, 15) is 13.2 Å². The van der Waals surface area contributed by atoms with Crippen molar-refractivity contribution in [2.45, 2.75) is 12.7 Å². The van der Waals surface area contributed by atoms with Crippen LogP contribution in [0.25, 0.3) is 0 Å². The second kappa shape index (κ2) is 4.96. The van der Waals surface area contributed by atoms with Crippen molar-refractivity contribution >= 4 is 22.6 Å². The van der Waals surface area contributed by atoms with Gasteiger partial charge in [0.1, 0.15) is 10.3 Å².